The van der Waals surface area contributed by atoms with E-state index in [4.69, 9.17) is 0 Å². The molecule has 0 amide bonds. The highest BCUT2D eigenvalue weighted by Crippen LogP contribution is 2.35. The van der Waals surface area contributed by atoms with Crippen LogP contribution in [0.5, 0.6) is 11.5 Å². The van der Waals surface area contributed by atoms with Crippen LogP contribution < -0.4 is 14.8 Å². The standard InChI is InChI=1S/C14H15F4NO4.ClH/c1-21-12(20)9-4-8(6-19-9)7-2-3-10(22-13(15)16)11(5-7)23-14(17)18;/h2-3,5,8-9,13-14,19H,4,6H2,1H3;1H/t8?,9-;/m1./s1. The Kier molecular flexibility index (Phi) is 7.56. The summed E-state index contributed by atoms with van der Waals surface area (Å²) < 4.78 is 62.5. The van der Waals surface area contributed by atoms with Crippen molar-refractivity contribution < 1.29 is 36.6 Å². The maximum absolute atomic E-state index is 12.4. The molecule has 1 fully saturated rings. The van der Waals surface area contributed by atoms with Crippen molar-refractivity contribution in [3.8, 4) is 11.5 Å². The predicted octanol–water partition coefficient (Wildman–Crippen LogP) is 2.93. The number of hydrogen-bond donors (Lipinski definition) is 1. The third-order valence-electron chi connectivity index (χ3n) is 3.49. The molecule has 1 aromatic carbocycles. The summed E-state index contributed by atoms with van der Waals surface area (Å²) in [6.07, 6.45) is 0.399. The van der Waals surface area contributed by atoms with Gasteiger partial charge in [-0.15, -0.1) is 12.4 Å². The molecule has 10 heteroatoms. The van der Waals surface area contributed by atoms with Crippen LogP contribution >= 0.6 is 12.4 Å². The molecule has 1 unspecified atom stereocenters. The number of esters is 1. The molecular weight excluding hydrogens is 358 g/mol. The van der Waals surface area contributed by atoms with Gasteiger partial charge in [0.05, 0.1) is 7.11 Å². The van der Waals surface area contributed by atoms with Crippen LogP contribution in [0.25, 0.3) is 0 Å². The van der Waals surface area contributed by atoms with Crippen molar-refractivity contribution in [2.45, 2.75) is 31.6 Å². The molecule has 1 heterocycles. The highest BCUT2D eigenvalue weighted by atomic mass is 35.5. The summed E-state index contributed by atoms with van der Waals surface area (Å²) in [7, 11) is 1.27. The smallest absolute Gasteiger partial charge is 0.387 e. The second-order valence-electron chi connectivity index (χ2n) is 4.88. The number of hydrogen-bond acceptors (Lipinski definition) is 5. The Bertz CT molecular complexity index is 562. The molecule has 0 bridgehead atoms. The van der Waals surface area contributed by atoms with Gasteiger partial charge in [-0.05, 0) is 30.0 Å². The molecule has 0 saturated carbocycles. The Morgan fingerprint density at radius 1 is 1.17 bits per heavy atom. The molecule has 24 heavy (non-hydrogen) atoms. The predicted molar refractivity (Wildman–Crippen MR) is 78.1 cm³/mol. The van der Waals surface area contributed by atoms with Crippen molar-refractivity contribution in [2.75, 3.05) is 13.7 Å². The zero-order valence-electron chi connectivity index (χ0n) is 12.5. The van der Waals surface area contributed by atoms with Crippen molar-refractivity contribution in [3.63, 3.8) is 0 Å². The van der Waals surface area contributed by atoms with Gasteiger partial charge in [0.2, 0.25) is 0 Å². The first kappa shape index (κ1) is 20.3. The van der Waals surface area contributed by atoms with Crippen molar-refractivity contribution in [1.82, 2.24) is 5.32 Å². The number of rotatable bonds is 6. The van der Waals surface area contributed by atoms with E-state index in [1.54, 1.807) is 0 Å². The molecule has 2 atom stereocenters. The average molecular weight is 374 g/mol. The van der Waals surface area contributed by atoms with E-state index >= 15 is 0 Å². The molecule has 0 radical (unpaired) electrons. The lowest BCUT2D eigenvalue weighted by atomic mass is 9.96. The van der Waals surface area contributed by atoms with Crippen LogP contribution in [0.3, 0.4) is 0 Å². The minimum atomic E-state index is -3.17. The fraction of sp³-hybridized carbons (Fsp3) is 0.500. The Hall–Kier alpha value is -1.74. The molecular formula is C14H16ClF4NO4. The SMILES string of the molecule is COC(=O)[C@H]1CC(c2ccc(OC(F)F)c(OC(F)F)c2)CN1.Cl. The van der Waals surface area contributed by atoms with Crippen LogP contribution in [0.15, 0.2) is 18.2 Å². The number of ether oxygens (including phenoxy) is 3. The van der Waals surface area contributed by atoms with E-state index in [0.29, 0.717) is 18.5 Å². The maximum atomic E-state index is 12.4. The first-order chi connectivity index (χ1) is 10.9. The van der Waals surface area contributed by atoms with E-state index in [0.717, 1.165) is 6.07 Å². The van der Waals surface area contributed by atoms with Crippen LogP contribution in [-0.4, -0.2) is 38.9 Å². The van der Waals surface area contributed by atoms with Gasteiger partial charge in [0, 0.05) is 6.54 Å². The fourth-order valence-corrected chi connectivity index (χ4v) is 2.47. The second-order valence-corrected chi connectivity index (χ2v) is 4.88. The molecule has 5 nitrogen and oxygen atoms in total. The zero-order chi connectivity index (χ0) is 17.0. The molecule has 0 spiro atoms. The van der Waals surface area contributed by atoms with Gasteiger partial charge in [-0.3, -0.25) is 4.79 Å². The first-order valence-corrected chi connectivity index (χ1v) is 6.75. The van der Waals surface area contributed by atoms with Gasteiger partial charge >= 0.3 is 19.2 Å². The lowest BCUT2D eigenvalue weighted by Crippen LogP contribution is -2.31. The normalized spacial score (nSPS) is 20.0. The lowest BCUT2D eigenvalue weighted by Gasteiger charge is -2.15. The van der Waals surface area contributed by atoms with Crippen LogP contribution in [0.2, 0.25) is 0 Å². The lowest BCUT2D eigenvalue weighted by molar-refractivity contribution is -0.142. The Morgan fingerprint density at radius 3 is 2.38 bits per heavy atom. The molecule has 2 rings (SSSR count). The molecule has 0 aromatic heterocycles. The minimum Gasteiger partial charge on any atom is -0.468 e. The van der Waals surface area contributed by atoms with E-state index in [1.165, 1.54) is 19.2 Å². The highest BCUT2D eigenvalue weighted by molar-refractivity contribution is 5.85. The first-order valence-electron chi connectivity index (χ1n) is 6.75. The molecule has 136 valence electrons. The van der Waals surface area contributed by atoms with E-state index < -0.39 is 36.7 Å². The summed E-state index contributed by atoms with van der Waals surface area (Å²) in [5.74, 6) is -1.53. The van der Waals surface area contributed by atoms with Crippen LogP contribution in [0, 0.1) is 0 Å². The third-order valence-corrected chi connectivity index (χ3v) is 3.49. The van der Waals surface area contributed by atoms with E-state index in [2.05, 4.69) is 19.5 Å². The van der Waals surface area contributed by atoms with Crippen molar-refractivity contribution >= 4 is 18.4 Å². The summed E-state index contributed by atoms with van der Waals surface area (Å²) in [5.41, 5.74) is 0.571. The quantitative estimate of drug-likeness (QED) is 0.614. The number of nitrogens with one attached hydrogen (secondary N) is 1. The number of alkyl halides is 4. The summed E-state index contributed by atoms with van der Waals surface area (Å²) in [5, 5.41) is 2.95. The van der Waals surface area contributed by atoms with Gasteiger partial charge in [0.15, 0.2) is 11.5 Å². The third kappa shape index (κ3) is 5.13. The molecule has 1 aromatic rings. The Balaban J connectivity index is 0.00000288. The summed E-state index contributed by atoms with van der Waals surface area (Å²) >= 11 is 0. The number of halogens is 5. The largest absolute Gasteiger partial charge is 0.468 e. The molecule has 1 saturated heterocycles. The van der Waals surface area contributed by atoms with Gasteiger partial charge in [0.1, 0.15) is 6.04 Å². The van der Waals surface area contributed by atoms with Crippen molar-refractivity contribution in [3.05, 3.63) is 23.8 Å². The zero-order valence-corrected chi connectivity index (χ0v) is 13.3. The van der Waals surface area contributed by atoms with Crippen LogP contribution in [0.4, 0.5) is 17.6 Å². The summed E-state index contributed by atoms with van der Waals surface area (Å²) in [6.45, 7) is -5.91. The van der Waals surface area contributed by atoms with Gasteiger partial charge in [-0.1, -0.05) is 6.07 Å². The van der Waals surface area contributed by atoms with E-state index in [1.807, 2.05) is 0 Å². The highest BCUT2D eigenvalue weighted by Gasteiger charge is 2.31. The number of carbonyl (C=O) groups excluding carboxylic acids is 1. The topological polar surface area (TPSA) is 56.8 Å². The van der Waals surface area contributed by atoms with Gasteiger partial charge < -0.3 is 19.5 Å². The van der Waals surface area contributed by atoms with Crippen molar-refractivity contribution in [1.29, 1.82) is 0 Å². The second kappa shape index (κ2) is 8.93. The summed E-state index contributed by atoms with van der Waals surface area (Å²) in [6, 6.07) is 3.34. The fourth-order valence-electron chi connectivity index (χ4n) is 2.47. The molecule has 1 N–H and O–H groups in total. The van der Waals surface area contributed by atoms with Crippen LogP contribution in [-0.2, 0) is 9.53 Å². The van der Waals surface area contributed by atoms with Crippen LogP contribution in [0.1, 0.15) is 17.9 Å². The maximum Gasteiger partial charge on any atom is 0.387 e. The van der Waals surface area contributed by atoms with E-state index in [9.17, 15) is 22.4 Å². The van der Waals surface area contributed by atoms with Gasteiger partial charge in [0.25, 0.3) is 0 Å². The molecule has 0 aliphatic carbocycles. The minimum absolute atomic E-state index is 0. The summed E-state index contributed by atoms with van der Waals surface area (Å²) in [4.78, 5) is 11.5. The number of benzene rings is 1. The van der Waals surface area contributed by atoms with E-state index in [-0.39, 0.29) is 18.3 Å². The Morgan fingerprint density at radius 2 is 1.79 bits per heavy atom. The van der Waals surface area contributed by atoms with Crippen molar-refractivity contribution in [2.24, 2.45) is 0 Å². The molecule has 1 aliphatic heterocycles. The molecule has 1 aliphatic rings. The average Bonchev–Trinajstić information content (AvgIpc) is 2.97. The Labute approximate surface area is 141 Å². The van der Waals surface area contributed by atoms with Gasteiger partial charge in [-0.25, -0.2) is 0 Å². The number of methoxy groups -OCH3 is 1. The monoisotopic (exact) mass is 373 g/mol. The van der Waals surface area contributed by atoms with Gasteiger partial charge in [-0.2, -0.15) is 17.6 Å². The number of carbonyl (C=O) groups is 1.